The molecular weight excluding hydrogens is 255 g/mol. The fraction of sp³-hybridized carbons (Fsp3) is 0.182. The van der Waals surface area contributed by atoms with E-state index in [1.165, 1.54) is 24.2 Å². The van der Waals surface area contributed by atoms with Gasteiger partial charge in [-0.05, 0) is 19.1 Å². The molecule has 2 rings (SSSR count). The van der Waals surface area contributed by atoms with E-state index in [1.54, 1.807) is 19.1 Å². The minimum Gasteiger partial charge on any atom is -0.325 e. The van der Waals surface area contributed by atoms with Crippen LogP contribution in [0.25, 0.3) is 0 Å². The molecule has 1 heterocycles. The van der Waals surface area contributed by atoms with Crippen molar-refractivity contribution < 1.29 is 9.18 Å². The lowest BCUT2D eigenvalue weighted by Gasteiger charge is -2.08. The second-order valence-corrected chi connectivity index (χ2v) is 4.50. The number of hydrogen-bond acceptors (Lipinski definition) is 4. The van der Waals surface area contributed by atoms with Crippen LogP contribution in [0, 0.1) is 12.7 Å². The summed E-state index contributed by atoms with van der Waals surface area (Å²) in [4.78, 5) is 15.5. The Morgan fingerprint density at radius 1 is 1.56 bits per heavy atom. The van der Waals surface area contributed by atoms with Crippen LogP contribution in [0.3, 0.4) is 0 Å². The van der Waals surface area contributed by atoms with Crippen LogP contribution in [0.1, 0.15) is 5.56 Å². The van der Waals surface area contributed by atoms with Gasteiger partial charge in [0.2, 0.25) is 5.91 Å². The molecule has 94 valence electrons. The number of nitrogens with one attached hydrogen (secondary N) is 2. The number of halogens is 1. The van der Waals surface area contributed by atoms with Gasteiger partial charge in [0.05, 0.1) is 5.75 Å². The van der Waals surface area contributed by atoms with E-state index in [4.69, 9.17) is 0 Å². The first-order chi connectivity index (χ1) is 8.66. The molecule has 2 aromatic rings. The van der Waals surface area contributed by atoms with Crippen molar-refractivity contribution in [3.63, 3.8) is 0 Å². The van der Waals surface area contributed by atoms with Crippen molar-refractivity contribution in [2.75, 3.05) is 11.1 Å². The van der Waals surface area contributed by atoms with Crippen molar-refractivity contribution >= 4 is 23.4 Å². The lowest BCUT2D eigenvalue weighted by atomic mass is 10.2. The van der Waals surface area contributed by atoms with Gasteiger partial charge in [0.1, 0.15) is 12.1 Å². The Hall–Kier alpha value is -1.89. The summed E-state index contributed by atoms with van der Waals surface area (Å²) in [5, 5.41) is 9.53. The van der Waals surface area contributed by atoms with Gasteiger partial charge in [-0.15, -0.1) is 0 Å². The van der Waals surface area contributed by atoms with Crippen molar-refractivity contribution in [1.29, 1.82) is 0 Å². The van der Waals surface area contributed by atoms with E-state index in [9.17, 15) is 9.18 Å². The second-order valence-electron chi connectivity index (χ2n) is 3.54. The van der Waals surface area contributed by atoms with Gasteiger partial charge in [-0.2, -0.15) is 5.10 Å². The number of H-pyrrole nitrogens is 1. The highest BCUT2D eigenvalue weighted by Crippen LogP contribution is 2.18. The van der Waals surface area contributed by atoms with Crippen molar-refractivity contribution in [2.45, 2.75) is 12.1 Å². The summed E-state index contributed by atoms with van der Waals surface area (Å²) < 4.78 is 13.3. The van der Waals surface area contributed by atoms with E-state index in [1.807, 2.05) is 0 Å². The Morgan fingerprint density at radius 2 is 2.39 bits per heavy atom. The highest BCUT2D eigenvalue weighted by molar-refractivity contribution is 7.99. The first-order valence-electron chi connectivity index (χ1n) is 5.20. The topological polar surface area (TPSA) is 70.7 Å². The molecule has 0 spiro atoms. The van der Waals surface area contributed by atoms with Crippen molar-refractivity contribution in [2.24, 2.45) is 0 Å². The first kappa shape index (κ1) is 12.6. The van der Waals surface area contributed by atoms with Crippen LogP contribution in [-0.2, 0) is 4.79 Å². The summed E-state index contributed by atoms with van der Waals surface area (Å²) in [6.45, 7) is 1.62. The van der Waals surface area contributed by atoms with Crippen LogP contribution in [0.2, 0.25) is 0 Å². The summed E-state index contributed by atoms with van der Waals surface area (Å²) in [5.41, 5.74) is 0.911. The molecule has 5 nitrogen and oxygen atoms in total. The number of amides is 1. The predicted octanol–water partition coefficient (Wildman–Crippen LogP) is 1.98. The van der Waals surface area contributed by atoms with Gasteiger partial charge in [-0.25, -0.2) is 9.37 Å². The van der Waals surface area contributed by atoms with Gasteiger partial charge in [0.15, 0.2) is 5.16 Å². The molecule has 0 aliphatic carbocycles. The number of rotatable bonds is 4. The number of anilines is 1. The molecular formula is C11H11FN4OS. The fourth-order valence-corrected chi connectivity index (χ4v) is 1.91. The molecule has 1 aromatic carbocycles. The van der Waals surface area contributed by atoms with E-state index >= 15 is 0 Å². The molecule has 1 aromatic heterocycles. The fourth-order valence-electron chi connectivity index (χ4n) is 1.33. The zero-order chi connectivity index (χ0) is 13.0. The standard InChI is InChI=1S/C11H11FN4OS/c1-7-8(12)3-2-4-9(7)15-10(17)5-18-11-13-6-14-16-11/h2-4,6H,5H2,1H3,(H,15,17)(H,13,14,16). The lowest BCUT2D eigenvalue weighted by Crippen LogP contribution is -2.15. The van der Waals surface area contributed by atoms with Crippen LogP contribution in [0.4, 0.5) is 10.1 Å². The number of carbonyl (C=O) groups is 1. The van der Waals surface area contributed by atoms with E-state index < -0.39 is 0 Å². The monoisotopic (exact) mass is 266 g/mol. The molecule has 0 fully saturated rings. The minimum absolute atomic E-state index is 0.186. The van der Waals surface area contributed by atoms with Gasteiger partial charge in [-0.3, -0.25) is 9.89 Å². The van der Waals surface area contributed by atoms with Gasteiger partial charge in [-0.1, -0.05) is 17.8 Å². The molecule has 7 heteroatoms. The summed E-state index contributed by atoms with van der Waals surface area (Å²) in [5.74, 6) is -0.369. The number of nitrogens with zero attached hydrogens (tertiary/aromatic N) is 2. The lowest BCUT2D eigenvalue weighted by molar-refractivity contribution is -0.113. The molecule has 0 bridgehead atoms. The minimum atomic E-state index is -0.337. The highest BCUT2D eigenvalue weighted by atomic mass is 32.2. The Kier molecular flexibility index (Phi) is 3.93. The van der Waals surface area contributed by atoms with Crippen molar-refractivity contribution in [3.8, 4) is 0 Å². The van der Waals surface area contributed by atoms with Gasteiger partial charge in [0.25, 0.3) is 0 Å². The van der Waals surface area contributed by atoms with Crippen LogP contribution < -0.4 is 5.32 Å². The Labute approximate surface area is 107 Å². The number of aromatic nitrogens is 3. The average Bonchev–Trinajstić information content (AvgIpc) is 2.86. The number of carbonyl (C=O) groups excluding carboxylic acids is 1. The quantitative estimate of drug-likeness (QED) is 0.830. The van der Waals surface area contributed by atoms with Crippen LogP contribution in [0.5, 0.6) is 0 Å². The van der Waals surface area contributed by atoms with E-state index in [0.717, 1.165) is 0 Å². The molecule has 0 saturated heterocycles. The van der Waals surface area contributed by atoms with Crippen molar-refractivity contribution in [3.05, 3.63) is 35.9 Å². The van der Waals surface area contributed by atoms with E-state index in [0.29, 0.717) is 16.4 Å². The van der Waals surface area contributed by atoms with Crippen LogP contribution >= 0.6 is 11.8 Å². The molecule has 0 aliphatic heterocycles. The molecule has 2 N–H and O–H groups in total. The second kappa shape index (κ2) is 5.63. The SMILES string of the molecule is Cc1c(F)cccc1NC(=O)CSc1ncn[nH]1. The summed E-state index contributed by atoms with van der Waals surface area (Å²) in [7, 11) is 0. The van der Waals surface area contributed by atoms with Gasteiger partial charge >= 0.3 is 0 Å². The predicted molar refractivity (Wildman–Crippen MR) is 66.9 cm³/mol. The normalized spacial score (nSPS) is 10.3. The van der Waals surface area contributed by atoms with Crippen LogP contribution in [0.15, 0.2) is 29.7 Å². The molecule has 0 unspecified atom stereocenters. The van der Waals surface area contributed by atoms with Crippen molar-refractivity contribution in [1.82, 2.24) is 15.2 Å². The maximum Gasteiger partial charge on any atom is 0.234 e. The Balaban J connectivity index is 1.93. The third kappa shape index (κ3) is 3.07. The molecule has 0 atom stereocenters. The third-order valence-corrected chi connectivity index (χ3v) is 3.15. The Morgan fingerprint density at radius 3 is 3.11 bits per heavy atom. The number of benzene rings is 1. The average molecular weight is 266 g/mol. The summed E-state index contributed by atoms with van der Waals surface area (Å²) in [6.07, 6.45) is 1.37. The third-order valence-electron chi connectivity index (χ3n) is 2.27. The van der Waals surface area contributed by atoms with Gasteiger partial charge in [0, 0.05) is 11.3 Å². The molecule has 0 radical (unpaired) electrons. The van der Waals surface area contributed by atoms with Crippen LogP contribution in [-0.4, -0.2) is 26.8 Å². The smallest absolute Gasteiger partial charge is 0.234 e. The number of hydrogen-bond donors (Lipinski definition) is 2. The number of thioether (sulfide) groups is 1. The molecule has 1 amide bonds. The highest BCUT2D eigenvalue weighted by Gasteiger charge is 2.08. The number of aromatic amines is 1. The summed E-state index contributed by atoms with van der Waals surface area (Å²) in [6, 6.07) is 4.57. The molecule has 0 aliphatic rings. The van der Waals surface area contributed by atoms with Gasteiger partial charge < -0.3 is 5.32 Å². The zero-order valence-corrected chi connectivity index (χ0v) is 10.4. The summed E-state index contributed by atoms with van der Waals surface area (Å²) >= 11 is 1.23. The maximum absolute atomic E-state index is 13.3. The largest absolute Gasteiger partial charge is 0.325 e. The van der Waals surface area contributed by atoms with E-state index in [2.05, 4.69) is 20.5 Å². The first-order valence-corrected chi connectivity index (χ1v) is 6.18. The Bertz CT molecular complexity index is 544. The van der Waals surface area contributed by atoms with E-state index in [-0.39, 0.29) is 17.5 Å². The zero-order valence-electron chi connectivity index (χ0n) is 9.61. The molecule has 18 heavy (non-hydrogen) atoms. The maximum atomic E-state index is 13.3. The molecule has 0 saturated carbocycles.